The second kappa shape index (κ2) is 10.9. The predicted molar refractivity (Wildman–Crippen MR) is 136 cm³/mol. The van der Waals surface area contributed by atoms with E-state index in [1.165, 1.54) is 34.3 Å². The lowest BCUT2D eigenvalue weighted by Gasteiger charge is -2.37. The number of imidazole rings is 1. The minimum Gasteiger partial charge on any atom is -0.361 e. The molecule has 0 unspecified atom stereocenters. The lowest BCUT2D eigenvalue weighted by molar-refractivity contribution is -0.182. The van der Waals surface area contributed by atoms with Crippen LogP contribution in [0.25, 0.3) is 0 Å². The first kappa shape index (κ1) is 26.5. The third-order valence-corrected chi connectivity index (χ3v) is 10.3. The van der Waals surface area contributed by atoms with Gasteiger partial charge in [-0.3, -0.25) is 0 Å². The van der Waals surface area contributed by atoms with Gasteiger partial charge in [0.25, 0.3) is 10.2 Å². The van der Waals surface area contributed by atoms with Gasteiger partial charge in [-0.2, -0.15) is 30.2 Å². The Morgan fingerprint density at radius 2 is 1.73 bits per heavy atom. The van der Waals surface area contributed by atoms with E-state index in [-0.39, 0.29) is 38.5 Å². The van der Waals surface area contributed by atoms with Gasteiger partial charge in [0.1, 0.15) is 0 Å². The number of halogens is 3. The minimum atomic E-state index is -4.28. The summed E-state index contributed by atoms with van der Waals surface area (Å²) in [6, 6.07) is 7.81. The minimum absolute atomic E-state index is 0.0601. The molecule has 1 N–H and O–H groups in total. The zero-order valence-electron chi connectivity index (χ0n) is 21.0. The summed E-state index contributed by atoms with van der Waals surface area (Å²) in [6.07, 6.45) is 5.63. The number of anilines is 1. The summed E-state index contributed by atoms with van der Waals surface area (Å²) in [5.74, 6) is -0.771. The van der Waals surface area contributed by atoms with Crippen molar-refractivity contribution in [2.75, 3.05) is 24.5 Å². The van der Waals surface area contributed by atoms with Crippen LogP contribution in [0.3, 0.4) is 0 Å². The van der Waals surface area contributed by atoms with E-state index >= 15 is 0 Å². The lowest BCUT2D eigenvalue weighted by Crippen LogP contribution is -2.51. The highest BCUT2D eigenvalue weighted by atomic mass is 32.2. The summed E-state index contributed by atoms with van der Waals surface area (Å²) in [6.45, 7) is 0.885. The molecule has 3 heterocycles. The van der Waals surface area contributed by atoms with Crippen LogP contribution in [-0.4, -0.2) is 58.8 Å². The highest BCUT2D eigenvalue weighted by molar-refractivity contribution is 7.86. The van der Waals surface area contributed by atoms with Gasteiger partial charge in [0.05, 0.1) is 24.5 Å². The van der Waals surface area contributed by atoms with Crippen molar-refractivity contribution in [2.24, 2.45) is 11.8 Å². The maximum absolute atomic E-state index is 13.8. The fourth-order valence-electron chi connectivity index (χ4n) is 6.21. The third kappa shape index (κ3) is 5.98. The van der Waals surface area contributed by atoms with Gasteiger partial charge in [0.2, 0.25) is 0 Å². The lowest BCUT2D eigenvalue weighted by atomic mass is 9.97. The SMILES string of the molecule is O=S(=O)(N1CCC(C(F)(F)F)CC1)N1Cc2ccccc2N(Cc2cnc[nH]2)[C@H](CCC2CCCC2)C1. The van der Waals surface area contributed by atoms with Crippen LogP contribution in [0.15, 0.2) is 36.8 Å². The average molecular weight is 540 g/mol. The Morgan fingerprint density at radius 3 is 2.41 bits per heavy atom. The molecule has 2 aliphatic heterocycles. The van der Waals surface area contributed by atoms with E-state index in [1.807, 2.05) is 24.3 Å². The molecule has 11 heteroatoms. The fraction of sp³-hybridized carbons (Fsp3) is 0.654. The van der Waals surface area contributed by atoms with Crippen LogP contribution < -0.4 is 4.90 Å². The first-order chi connectivity index (χ1) is 17.7. The molecular weight excluding hydrogens is 503 g/mol. The van der Waals surface area contributed by atoms with Crippen molar-refractivity contribution in [3.05, 3.63) is 48.0 Å². The normalized spacial score (nSPS) is 23.3. The second-order valence-corrected chi connectivity index (χ2v) is 12.7. The molecule has 0 radical (unpaired) electrons. The molecule has 3 aliphatic rings. The number of aromatic amines is 1. The van der Waals surface area contributed by atoms with Gasteiger partial charge in [-0.05, 0) is 43.2 Å². The molecule has 1 aromatic heterocycles. The summed E-state index contributed by atoms with van der Waals surface area (Å²) < 4.78 is 70.0. The average Bonchev–Trinajstić information content (AvgIpc) is 3.56. The van der Waals surface area contributed by atoms with Crippen LogP contribution in [0.5, 0.6) is 0 Å². The number of nitrogens with one attached hydrogen (secondary N) is 1. The highest BCUT2D eigenvalue weighted by Crippen LogP contribution is 2.38. The zero-order valence-corrected chi connectivity index (χ0v) is 21.9. The number of rotatable bonds is 7. The molecule has 2 aromatic rings. The highest BCUT2D eigenvalue weighted by Gasteiger charge is 2.44. The molecule has 1 aliphatic carbocycles. The second-order valence-electron chi connectivity index (χ2n) is 10.7. The van der Waals surface area contributed by atoms with Crippen LogP contribution in [0, 0.1) is 11.8 Å². The number of fused-ring (bicyclic) bond motifs is 1. The Hall–Kier alpha value is -2.11. The van der Waals surface area contributed by atoms with Crippen LogP contribution >= 0.6 is 0 Å². The van der Waals surface area contributed by atoms with Gasteiger partial charge >= 0.3 is 6.18 Å². The van der Waals surface area contributed by atoms with Gasteiger partial charge in [-0.15, -0.1) is 0 Å². The van der Waals surface area contributed by atoms with E-state index in [1.54, 1.807) is 12.5 Å². The number of nitrogens with zero attached hydrogens (tertiary/aromatic N) is 4. The molecule has 204 valence electrons. The van der Waals surface area contributed by atoms with Gasteiger partial charge in [0.15, 0.2) is 0 Å². The van der Waals surface area contributed by atoms with E-state index in [0.29, 0.717) is 19.0 Å². The van der Waals surface area contributed by atoms with E-state index in [0.717, 1.165) is 29.8 Å². The Morgan fingerprint density at radius 1 is 1.00 bits per heavy atom. The quantitative estimate of drug-likeness (QED) is 0.532. The van der Waals surface area contributed by atoms with E-state index in [4.69, 9.17) is 0 Å². The first-order valence-corrected chi connectivity index (χ1v) is 14.7. The summed E-state index contributed by atoms with van der Waals surface area (Å²) in [4.78, 5) is 9.64. The van der Waals surface area contributed by atoms with Crippen molar-refractivity contribution < 1.29 is 21.6 Å². The first-order valence-electron chi connectivity index (χ1n) is 13.4. The largest absolute Gasteiger partial charge is 0.391 e. The van der Waals surface area contributed by atoms with Gasteiger partial charge < -0.3 is 9.88 Å². The molecule has 5 rings (SSSR count). The molecule has 37 heavy (non-hydrogen) atoms. The maximum Gasteiger partial charge on any atom is 0.391 e. The van der Waals surface area contributed by atoms with Gasteiger partial charge in [0, 0.05) is 44.1 Å². The standard InChI is InChI=1S/C26H36F3N5O2S/c27-26(28,29)22-11-13-32(14-12-22)37(35,36)33-16-21-7-3-4-8-25(21)34(17-23-15-30-19-31-23)24(18-33)10-9-20-5-1-2-6-20/h3-4,7-8,15,19-20,22,24H,1-2,5-6,9-14,16-18H2,(H,30,31)/t24-/m1/s1. The van der Waals surface area contributed by atoms with E-state index < -0.39 is 22.3 Å². The molecular formula is C26H36F3N5O2S. The Labute approximate surface area is 217 Å². The fourth-order valence-corrected chi connectivity index (χ4v) is 7.87. The van der Waals surface area contributed by atoms with Crippen molar-refractivity contribution in [3.63, 3.8) is 0 Å². The predicted octanol–water partition coefficient (Wildman–Crippen LogP) is 5.09. The van der Waals surface area contributed by atoms with Crippen molar-refractivity contribution >= 4 is 15.9 Å². The van der Waals surface area contributed by atoms with Crippen LogP contribution in [0.4, 0.5) is 18.9 Å². The number of H-pyrrole nitrogens is 1. The topological polar surface area (TPSA) is 72.5 Å². The van der Waals surface area contributed by atoms with Crippen molar-refractivity contribution in [1.82, 2.24) is 18.6 Å². The molecule has 1 saturated heterocycles. The van der Waals surface area contributed by atoms with Crippen molar-refractivity contribution in [1.29, 1.82) is 0 Å². The van der Waals surface area contributed by atoms with Gasteiger partial charge in [-0.1, -0.05) is 43.9 Å². The molecule has 0 bridgehead atoms. The summed E-state index contributed by atoms with van der Waals surface area (Å²) in [5.41, 5.74) is 2.85. The summed E-state index contributed by atoms with van der Waals surface area (Å²) in [7, 11) is -3.92. The maximum atomic E-state index is 13.8. The summed E-state index contributed by atoms with van der Waals surface area (Å²) >= 11 is 0. The summed E-state index contributed by atoms with van der Waals surface area (Å²) in [5, 5.41) is 0. The van der Waals surface area contributed by atoms with Crippen LogP contribution in [0.1, 0.15) is 62.6 Å². The number of piperidine rings is 1. The molecule has 7 nitrogen and oxygen atoms in total. The Kier molecular flexibility index (Phi) is 7.83. The molecule has 1 atom stereocenters. The number of para-hydroxylation sites is 1. The smallest absolute Gasteiger partial charge is 0.361 e. The van der Waals surface area contributed by atoms with Crippen LogP contribution in [-0.2, 0) is 23.3 Å². The number of benzene rings is 1. The number of aromatic nitrogens is 2. The van der Waals surface area contributed by atoms with Crippen molar-refractivity contribution in [3.8, 4) is 0 Å². The molecule has 0 amide bonds. The Bertz CT molecular complexity index is 1130. The molecule has 1 aromatic carbocycles. The monoisotopic (exact) mass is 539 g/mol. The molecule has 2 fully saturated rings. The Balaban J connectivity index is 1.42. The van der Waals surface area contributed by atoms with Crippen molar-refractivity contribution in [2.45, 2.75) is 76.7 Å². The molecule has 1 saturated carbocycles. The number of alkyl halides is 3. The third-order valence-electron chi connectivity index (χ3n) is 8.35. The van der Waals surface area contributed by atoms with Crippen LogP contribution in [0.2, 0.25) is 0 Å². The number of hydrogen-bond donors (Lipinski definition) is 1. The number of hydrogen-bond acceptors (Lipinski definition) is 4. The zero-order chi connectivity index (χ0) is 26.0. The molecule has 0 spiro atoms. The van der Waals surface area contributed by atoms with E-state index in [9.17, 15) is 21.6 Å². The van der Waals surface area contributed by atoms with E-state index in [2.05, 4.69) is 14.9 Å². The van der Waals surface area contributed by atoms with Gasteiger partial charge in [-0.25, -0.2) is 4.98 Å².